The fourth-order valence-electron chi connectivity index (χ4n) is 2.75. The molecule has 0 aromatic carbocycles. The second-order valence-electron chi connectivity index (χ2n) is 5.52. The van der Waals surface area contributed by atoms with Gasteiger partial charge in [-0.15, -0.1) is 0 Å². The molecule has 0 aromatic heterocycles. The first kappa shape index (κ1) is 14.9. The van der Waals surface area contributed by atoms with Crippen LogP contribution in [0.2, 0.25) is 0 Å². The van der Waals surface area contributed by atoms with Crippen molar-refractivity contribution in [2.24, 2.45) is 11.8 Å². The van der Waals surface area contributed by atoms with E-state index in [1.807, 2.05) is 0 Å². The van der Waals surface area contributed by atoms with Crippen molar-refractivity contribution in [1.29, 1.82) is 0 Å². The van der Waals surface area contributed by atoms with Crippen LogP contribution in [-0.2, 0) is 4.74 Å². The summed E-state index contributed by atoms with van der Waals surface area (Å²) >= 11 is 0. The minimum atomic E-state index is -0.274. The van der Waals surface area contributed by atoms with E-state index >= 15 is 0 Å². The largest absolute Gasteiger partial charge is 0.390 e. The van der Waals surface area contributed by atoms with Crippen molar-refractivity contribution in [1.82, 2.24) is 10.2 Å². The second-order valence-corrected chi connectivity index (χ2v) is 5.52. The van der Waals surface area contributed by atoms with E-state index in [2.05, 4.69) is 24.1 Å². The number of rotatable bonds is 7. The van der Waals surface area contributed by atoms with Gasteiger partial charge in [-0.3, -0.25) is 0 Å². The smallest absolute Gasteiger partial charge is 0.0791 e. The molecule has 2 N–H and O–H groups in total. The minimum absolute atomic E-state index is 0.274. The average molecular weight is 244 g/mol. The molecular weight excluding hydrogens is 216 g/mol. The number of piperidine rings is 1. The van der Waals surface area contributed by atoms with Crippen molar-refractivity contribution in [3.05, 3.63) is 0 Å². The van der Waals surface area contributed by atoms with E-state index in [1.54, 1.807) is 7.11 Å². The van der Waals surface area contributed by atoms with Crippen LogP contribution in [0.25, 0.3) is 0 Å². The molecule has 0 aromatic rings. The Morgan fingerprint density at radius 1 is 1.35 bits per heavy atom. The first-order valence-electron chi connectivity index (χ1n) is 6.72. The molecule has 0 saturated carbocycles. The summed E-state index contributed by atoms with van der Waals surface area (Å²) in [7, 11) is 1.69. The van der Waals surface area contributed by atoms with E-state index < -0.39 is 0 Å². The van der Waals surface area contributed by atoms with Gasteiger partial charge in [-0.2, -0.15) is 0 Å². The first-order valence-corrected chi connectivity index (χ1v) is 6.72. The van der Waals surface area contributed by atoms with Crippen LogP contribution < -0.4 is 5.32 Å². The molecule has 1 fully saturated rings. The van der Waals surface area contributed by atoms with E-state index in [-0.39, 0.29) is 6.10 Å². The topological polar surface area (TPSA) is 44.7 Å². The van der Waals surface area contributed by atoms with Gasteiger partial charge in [0.25, 0.3) is 0 Å². The molecule has 3 atom stereocenters. The van der Waals surface area contributed by atoms with Crippen molar-refractivity contribution in [3.8, 4) is 0 Å². The van der Waals surface area contributed by atoms with Crippen LogP contribution in [0, 0.1) is 11.8 Å². The number of nitrogens with zero attached hydrogens (tertiary/aromatic N) is 1. The number of ether oxygens (including phenoxy) is 1. The van der Waals surface area contributed by atoms with Gasteiger partial charge >= 0.3 is 0 Å². The van der Waals surface area contributed by atoms with Gasteiger partial charge in [-0.05, 0) is 18.3 Å². The molecule has 1 saturated heterocycles. The Labute approximate surface area is 105 Å². The van der Waals surface area contributed by atoms with E-state index in [4.69, 9.17) is 4.74 Å². The quantitative estimate of drug-likeness (QED) is 0.642. The zero-order valence-electron chi connectivity index (χ0n) is 11.5. The van der Waals surface area contributed by atoms with Crippen molar-refractivity contribution >= 4 is 0 Å². The van der Waals surface area contributed by atoms with Gasteiger partial charge in [0.15, 0.2) is 0 Å². The van der Waals surface area contributed by atoms with Gasteiger partial charge in [0.05, 0.1) is 12.7 Å². The van der Waals surface area contributed by atoms with Crippen molar-refractivity contribution in [2.45, 2.75) is 26.4 Å². The van der Waals surface area contributed by atoms with Gasteiger partial charge in [-0.1, -0.05) is 13.8 Å². The lowest BCUT2D eigenvalue weighted by molar-refractivity contribution is 0.0689. The van der Waals surface area contributed by atoms with Gasteiger partial charge < -0.3 is 20.1 Å². The highest BCUT2D eigenvalue weighted by atomic mass is 16.5. The summed E-state index contributed by atoms with van der Waals surface area (Å²) in [4.78, 5) is 2.39. The van der Waals surface area contributed by atoms with E-state index in [9.17, 15) is 5.11 Å². The number of aliphatic hydroxyl groups is 1. The molecule has 1 rings (SSSR count). The molecule has 0 radical (unpaired) electrons. The number of aliphatic hydroxyl groups excluding tert-OH is 1. The number of methoxy groups -OCH3 is 1. The van der Waals surface area contributed by atoms with Crippen molar-refractivity contribution in [2.75, 3.05) is 46.4 Å². The predicted molar refractivity (Wildman–Crippen MR) is 70.1 cm³/mol. The number of likely N-dealkylation sites (tertiary alicyclic amines) is 1. The maximum Gasteiger partial charge on any atom is 0.0791 e. The molecule has 102 valence electrons. The Bertz CT molecular complexity index is 192. The third-order valence-electron chi connectivity index (χ3n) is 3.28. The van der Waals surface area contributed by atoms with Crippen LogP contribution in [0.15, 0.2) is 0 Å². The Hall–Kier alpha value is -0.160. The second kappa shape index (κ2) is 8.03. The first-order chi connectivity index (χ1) is 8.11. The van der Waals surface area contributed by atoms with Crippen molar-refractivity contribution < 1.29 is 9.84 Å². The Morgan fingerprint density at radius 2 is 2.00 bits per heavy atom. The fourth-order valence-corrected chi connectivity index (χ4v) is 2.75. The van der Waals surface area contributed by atoms with Crippen LogP contribution in [0.5, 0.6) is 0 Å². The third-order valence-corrected chi connectivity index (χ3v) is 3.28. The summed E-state index contributed by atoms with van der Waals surface area (Å²) in [6.45, 7) is 9.79. The van der Waals surface area contributed by atoms with E-state index in [0.717, 1.165) is 38.0 Å². The lowest BCUT2D eigenvalue weighted by Gasteiger charge is -2.36. The minimum Gasteiger partial charge on any atom is -0.390 e. The van der Waals surface area contributed by atoms with Gasteiger partial charge in [0.2, 0.25) is 0 Å². The van der Waals surface area contributed by atoms with Gasteiger partial charge in [0, 0.05) is 39.8 Å². The Balaban J connectivity index is 2.14. The molecular formula is C13H28N2O2. The van der Waals surface area contributed by atoms with Crippen LogP contribution >= 0.6 is 0 Å². The van der Waals surface area contributed by atoms with Gasteiger partial charge in [-0.25, -0.2) is 0 Å². The SMILES string of the molecule is COCCNCC(O)CN1CC(C)CC(C)C1. The molecule has 1 aliphatic heterocycles. The molecule has 4 nitrogen and oxygen atoms in total. The zero-order chi connectivity index (χ0) is 12.7. The van der Waals surface area contributed by atoms with E-state index in [0.29, 0.717) is 13.2 Å². The molecule has 1 heterocycles. The predicted octanol–water partition coefficient (Wildman–Crippen LogP) is 0.561. The summed E-state index contributed by atoms with van der Waals surface area (Å²) in [5.74, 6) is 1.51. The van der Waals surface area contributed by atoms with Crippen LogP contribution in [0.4, 0.5) is 0 Å². The lowest BCUT2D eigenvalue weighted by atomic mass is 9.92. The fraction of sp³-hybridized carbons (Fsp3) is 1.00. The molecule has 17 heavy (non-hydrogen) atoms. The normalized spacial score (nSPS) is 28.2. The highest BCUT2D eigenvalue weighted by Crippen LogP contribution is 2.20. The highest BCUT2D eigenvalue weighted by Gasteiger charge is 2.23. The molecule has 0 bridgehead atoms. The molecule has 3 unspecified atom stereocenters. The standard InChI is InChI=1S/C13H28N2O2/c1-11-6-12(2)9-15(8-11)10-13(16)7-14-4-5-17-3/h11-14,16H,4-10H2,1-3H3. The van der Waals surface area contributed by atoms with E-state index in [1.165, 1.54) is 6.42 Å². The Kier molecular flexibility index (Phi) is 7.04. The molecule has 4 heteroatoms. The number of nitrogens with one attached hydrogen (secondary N) is 1. The summed E-state index contributed by atoms with van der Waals surface area (Å²) in [6.07, 6.45) is 1.04. The molecule has 0 amide bonds. The number of hydrogen-bond donors (Lipinski definition) is 2. The third kappa shape index (κ3) is 6.36. The van der Waals surface area contributed by atoms with Crippen molar-refractivity contribution in [3.63, 3.8) is 0 Å². The van der Waals surface area contributed by atoms with Crippen LogP contribution in [-0.4, -0.2) is 62.6 Å². The summed E-state index contributed by atoms with van der Waals surface area (Å²) in [5.41, 5.74) is 0. The summed E-state index contributed by atoms with van der Waals surface area (Å²) < 4.78 is 4.95. The maximum absolute atomic E-state index is 9.93. The molecule has 1 aliphatic rings. The van der Waals surface area contributed by atoms with Gasteiger partial charge in [0.1, 0.15) is 0 Å². The number of β-amino-alcohol motifs (C(OH)–C–C–N with tert-alkyl or cyclic N) is 1. The molecule has 0 spiro atoms. The molecule has 0 aliphatic carbocycles. The lowest BCUT2D eigenvalue weighted by Crippen LogP contribution is -2.45. The average Bonchev–Trinajstić information content (AvgIpc) is 2.23. The van der Waals surface area contributed by atoms with Crippen LogP contribution in [0.1, 0.15) is 20.3 Å². The maximum atomic E-state index is 9.93. The summed E-state index contributed by atoms with van der Waals surface area (Å²) in [5, 5.41) is 13.1. The van der Waals surface area contributed by atoms with Crippen LogP contribution in [0.3, 0.4) is 0 Å². The summed E-state index contributed by atoms with van der Waals surface area (Å²) in [6, 6.07) is 0. The monoisotopic (exact) mass is 244 g/mol. The Morgan fingerprint density at radius 3 is 2.59 bits per heavy atom. The zero-order valence-corrected chi connectivity index (χ0v) is 11.5. The number of hydrogen-bond acceptors (Lipinski definition) is 4. The highest BCUT2D eigenvalue weighted by molar-refractivity contribution is 4.77.